The van der Waals surface area contributed by atoms with E-state index in [0.717, 1.165) is 47.5 Å². The van der Waals surface area contributed by atoms with Crippen molar-refractivity contribution >= 4 is 29.9 Å². The predicted molar refractivity (Wildman–Crippen MR) is 131 cm³/mol. The molecule has 166 valence electrons. The van der Waals surface area contributed by atoms with E-state index >= 15 is 0 Å². The number of ether oxygens (including phenoxy) is 4. The summed E-state index contributed by atoms with van der Waals surface area (Å²) in [6, 6.07) is 13.5. The summed E-state index contributed by atoms with van der Waals surface area (Å²) >= 11 is 0. The van der Waals surface area contributed by atoms with Crippen molar-refractivity contribution in [3.63, 3.8) is 0 Å². The van der Waals surface area contributed by atoms with E-state index in [9.17, 15) is 0 Å². The monoisotopic (exact) mass is 529 g/mol. The van der Waals surface area contributed by atoms with Crippen molar-refractivity contribution in [2.45, 2.75) is 19.4 Å². The van der Waals surface area contributed by atoms with Gasteiger partial charge in [0.25, 0.3) is 0 Å². The molecule has 0 aliphatic heterocycles. The Balaban J connectivity index is 0.00000450. The molecule has 30 heavy (non-hydrogen) atoms. The molecule has 2 aromatic carbocycles. The normalized spacial score (nSPS) is 11.7. The van der Waals surface area contributed by atoms with Crippen LogP contribution in [0.3, 0.4) is 0 Å². The number of guanidine groups is 1. The van der Waals surface area contributed by atoms with E-state index in [4.69, 9.17) is 18.9 Å². The highest BCUT2D eigenvalue weighted by Gasteiger charge is 2.08. The average Bonchev–Trinajstić information content (AvgIpc) is 2.75. The van der Waals surface area contributed by atoms with Gasteiger partial charge in [0, 0.05) is 19.7 Å². The van der Waals surface area contributed by atoms with Crippen LogP contribution in [0.25, 0.3) is 0 Å². The first-order valence-electron chi connectivity index (χ1n) is 9.55. The smallest absolute Gasteiger partial charge is 0.191 e. The van der Waals surface area contributed by atoms with Crippen molar-refractivity contribution in [2.24, 2.45) is 4.99 Å². The van der Waals surface area contributed by atoms with Crippen LogP contribution in [-0.4, -0.2) is 53.5 Å². The second kappa shape index (κ2) is 13.8. The number of nitrogens with zero attached hydrogens (tertiary/aromatic N) is 1. The molecule has 0 aromatic heterocycles. The van der Waals surface area contributed by atoms with E-state index in [0.29, 0.717) is 6.54 Å². The molecule has 0 spiro atoms. The Labute approximate surface area is 196 Å². The van der Waals surface area contributed by atoms with Crippen LogP contribution >= 0.6 is 24.0 Å². The highest BCUT2D eigenvalue weighted by Crippen LogP contribution is 2.27. The number of methoxy groups -OCH3 is 3. The number of halogens is 1. The van der Waals surface area contributed by atoms with Gasteiger partial charge in [0.05, 0.1) is 27.9 Å². The van der Waals surface area contributed by atoms with Gasteiger partial charge in [0.1, 0.15) is 17.6 Å². The van der Waals surface area contributed by atoms with Gasteiger partial charge in [-0.1, -0.05) is 12.1 Å². The third-order valence-corrected chi connectivity index (χ3v) is 4.31. The van der Waals surface area contributed by atoms with E-state index < -0.39 is 0 Å². The van der Waals surface area contributed by atoms with Crippen LogP contribution in [0, 0.1) is 0 Å². The summed E-state index contributed by atoms with van der Waals surface area (Å²) < 4.78 is 21.8. The Bertz CT molecular complexity index is 802. The summed E-state index contributed by atoms with van der Waals surface area (Å²) in [4.78, 5) is 4.26. The van der Waals surface area contributed by atoms with E-state index in [1.54, 1.807) is 28.4 Å². The Morgan fingerprint density at radius 2 is 1.67 bits per heavy atom. The molecule has 0 aliphatic rings. The first-order valence-corrected chi connectivity index (χ1v) is 9.55. The number of benzene rings is 2. The maximum atomic E-state index is 5.92. The number of nitrogens with one attached hydrogen (secondary N) is 2. The molecule has 0 radical (unpaired) electrons. The molecule has 0 fully saturated rings. The maximum Gasteiger partial charge on any atom is 0.191 e. The number of hydrogen-bond acceptors (Lipinski definition) is 5. The summed E-state index contributed by atoms with van der Waals surface area (Å²) in [5.74, 6) is 3.74. The molecule has 0 bridgehead atoms. The molecule has 0 heterocycles. The molecule has 0 aliphatic carbocycles. The van der Waals surface area contributed by atoms with Gasteiger partial charge in [0.2, 0.25) is 0 Å². The Morgan fingerprint density at radius 3 is 2.33 bits per heavy atom. The zero-order valence-electron chi connectivity index (χ0n) is 18.2. The lowest BCUT2D eigenvalue weighted by Gasteiger charge is -2.18. The summed E-state index contributed by atoms with van der Waals surface area (Å²) in [6.07, 6.45) is 0.795. The van der Waals surface area contributed by atoms with Gasteiger partial charge in [-0.3, -0.25) is 4.99 Å². The zero-order chi connectivity index (χ0) is 21.1. The van der Waals surface area contributed by atoms with Crippen LogP contribution in [0.15, 0.2) is 47.5 Å². The fourth-order valence-corrected chi connectivity index (χ4v) is 2.77. The molecule has 2 rings (SSSR count). The van der Waals surface area contributed by atoms with Crippen LogP contribution in [-0.2, 0) is 6.42 Å². The second-order valence-electron chi connectivity index (χ2n) is 6.43. The topological polar surface area (TPSA) is 73.3 Å². The summed E-state index contributed by atoms with van der Waals surface area (Å²) in [5.41, 5.74) is 1.15. The molecular weight excluding hydrogens is 497 g/mol. The van der Waals surface area contributed by atoms with E-state index in [-0.39, 0.29) is 30.1 Å². The van der Waals surface area contributed by atoms with Gasteiger partial charge >= 0.3 is 0 Å². The molecule has 0 saturated carbocycles. The molecule has 1 unspecified atom stereocenters. The van der Waals surface area contributed by atoms with Crippen molar-refractivity contribution in [1.82, 2.24) is 10.6 Å². The third kappa shape index (κ3) is 8.17. The molecule has 8 heteroatoms. The molecule has 2 aromatic rings. The fraction of sp³-hybridized carbons (Fsp3) is 0.409. The summed E-state index contributed by atoms with van der Waals surface area (Å²) in [7, 11) is 6.66. The average molecular weight is 529 g/mol. The lowest BCUT2D eigenvalue weighted by molar-refractivity contribution is 0.223. The van der Waals surface area contributed by atoms with Crippen LogP contribution in [0.4, 0.5) is 0 Å². The van der Waals surface area contributed by atoms with Gasteiger partial charge in [-0.15, -0.1) is 24.0 Å². The van der Waals surface area contributed by atoms with Gasteiger partial charge in [0.15, 0.2) is 17.5 Å². The summed E-state index contributed by atoms with van der Waals surface area (Å²) in [5, 5.41) is 6.60. The highest BCUT2D eigenvalue weighted by molar-refractivity contribution is 14.0. The Morgan fingerprint density at radius 1 is 0.933 bits per heavy atom. The van der Waals surface area contributed by atoms with E-state index in [1.807, 2.05) is 49.4 Å². The Kier molecular flexibility index (Phi) is 11.8. The number of hydrogen-bond donors (Lipinski definition) is 2. The van der Waals surface area contributed by atoms with E-state index in [1.165, 1.54) is 0 Å². The lowest BCUT2D eigenvalue weighted by Crippen LogP contribution is -2.42. The van der Waals surface area contributed by atoms with Crippen LogP contribution in [0.2, 0.25) is 0 Å². The van der Waals surface area contributed by atoms with Gasteiger partial charge in [-0.05, 0) is 43.2 Å². The van der Waals surface area contributed by atoms with Crippen molar-refractivity contribution in [3.8, 4) is 23.0 Å². The largest absolute Gasteiger partial charge is 0.497 e. The number of rotatable bonds is 10. The van der Waals surface area contributed by atoms with Crippen molar-refractivity contribution < 1.29 is 18.9 Å². The SMILES string of the molecule is CN=C(NCCc1ccc(OC)c(OC)c1)NCC(C)Oc1cccc(OC)c1.I. The second-order valence-corrected chi connectivity index (χ2v) is 6.43. The quantitative estimate of drug-likeness (QED) is 0.279. The van der Waals surface area contributed by atoms with Crippen molar-refractivity contribution in [1.29, 1.82) is 0 Å². The van der Waals surface area contributed by atoms with Gasteiger partial charge in [-0.25, -0.2) is 0 Å². The molecule has 0 amide bonds. The highest BCUT2D eigenvalue weighted by atomic mass is 127. The standard InChI is InChI=1S/C22H31N3O4.HI/c1-16(29-19-8-6-7-18(14-19)26-3)15-25-22(23-2)24-12-11-17-9-10-20(27-4)21(13-17)28-5;/h6-10,13-14,16H,11-12,15H2,1-5H3,(H2,23,24,25);1H. The molecule has 0 saturated heterocycles. The molecular formula is C22H32IN3O4. The van der Waals surface area contributed by atoms with Crippen LogP contribution < -0.4 is 29.6 Å². The molecule has 7 nitrogen and oxygen atoms in total. The van der Waals surface area contributed by atoms with Gasteiger partial charge in [-0.2, -0.15) is 0 Å². The fourth-order valence-electron chi connectivity index (χ4n) is 2.77. The van der Waals surface area contributed by atoms with Crippen LogP contribution in [0.1, 0.15) is 12.5 Å². The summed E-state index contributed by atoms with van der Waals surface area (Å²) in [6.45, 7) is 3.36. The minimum atomic E-state index is -0.0356. The Hall–Kier alpha value is -2.36. The molecule has 1 atom stereocenters. The zero-order valence-corrected chi connectivity index (χ0v) is 20.6. The third-order valence-electron chi connectivity index (χ3n) is 4.31. The first kappa shape index (κ1) is 25.7. The van der Waals surface area contributed by atoms with Crippen molar-refractivity contribution in [2.75, 3.05) is 41.5 Å². The number of aliphatic imine (C=N–C) groups is 1. The molecule has 2 N–H and O–H groups in total. The predicted octanol–water partition coefficient (Wildman–Crippen LogP) is 3.51. The van der Waals surface area contributed by atoms with Crippen LogP contribution in [0.5, 0.6) is 23.0 Å². The van der Waals surface area contributed by atoms with Crippen molar-refractivity contribution in [3.05, 3.63) is 48.0 Å². The van der Waals surface area contributed by atoms with E-state index in [2.05, 4.69) is 15.6 Å². The first-order chi connectivity index (χ1) is 14.1. The minimum absolute atomic E-state index is 0. The van der Waals surface area contributed by atoms with Gasteiger partial charge < -0.3 is 29.6 Å². The maximum absolute atomic E-state index is 5.92. The minimum Gasteiger partial charge on any atom is -0.497 e. The lowest BCUT2D eigenvalue weighted by atomic mass is 10.1.